The van der Waals surface area contributed by atoms with Crippen LogP contribution in [0.4, 0.5) is 10.7 Å². The maximum absolute atomic E-state index is 12.9. The molecule has 34 heavy (non-hydrogen) atoms. The zero-order valence-electron chi connectivity index (χ0n) is 19.5. The highest BCUT2D eigenvalue weighted by Crippen LogP contribution is 2.38. The van der Waals surface area contributed by atoms with E-state index in [-0.39, 0.29) is 17.7 Å². The van der Waals surface area contributed by atoms with Crippen molar-refractivity contribution in [3.8, 4) is 0 Å². The van der Waals surface area contributed by atoms with Gasteiger partial charge in [0.05, 0.1) is 5.56 Å². The Morgan fingerprint density at radius 3 is 2.65 bits per heavy atom. The number of amides is 3. The second-order valence-corrected chi connectivity index (χ2v) is 9.69. The molecule has 1 fully saturated rings. The largest absolute Gasteiger partial charge is 0.385 e. The summed E-state index contributed by atoms with van der Waals surface area (Å²) in [5, 5.41) is 6.52. The van der Waals surface area contributed by atoms with Crippen molar-refractivity contribution in [2.75, 3.05) is 37.0 Å². The van der Waals surface area contributed by atoms with Crippen LogP contribution < -0.4 is 15.5 Å². The fourth-order valence-corrected chi connectivity index (χ4v) is 5.70. The van der Waals surface area contributed by atoms with Crippen LogP contribution in [0.1, 0.15) is 58.5 Å². The summed E-state index contributed by atoms with van der Waals surface area (Å²) < 4.78 is 5.05. The zero-order chi connectivity index (χ0) is 23.9. The van der Waals surface area contributed by atoms with Gasteiger partial charge in [-0.2, -0.15) is 0 Å². The molecule has 180 valence electrons. The normalized spacial score (nSPS) is 15.6. The maximum atomic E-state index is 12.9. The topological polar surface area (TPSA) is 87.7 Å². The molecule has 1 aliphatic carbocycles. The van der Waals surface area contributed by atoms with E-state index < -0.39 is 0 Å². The quantitative estimate of drug-likeness (QED) is 0.416. The number of nitrogens with zero attached hydrogens (tertiary/aromatic N) is 1. The van der Waals surface area contributed by atoms with Crippen molar-refractivity contribution in [1.82, 2.24) is 5.32 Å². The van der Waals surface area contributed by atoms with Crippen LogP contribution in [0.3, 0.4) is 0 Å². The fraction of sp³-hybridized carbons (Fsp3) is 0.423. The van der Waals surface area contributed by atoms with Crippen LogP contribution in [0, 0.1) is 0 Å². The van der Waals surface area contributed by atoms with Crippen LogP contribution in [0.25, 0.3) is 6.08 Å². The van der Waals surface area contributed by atoms with E-state index >= 15 is 0 Å². The van der Waals surface area contributed by atoms with E-state index in [2.05, 4.69) is 10.6 Å². The van der Waals surface area contributed by atoms with Gasteiger partial charge in [0.25, 0.3) is 5.91 Å². The van der Waals surface area contributed by atoms with Gasteiger partial charge < -0.3 is 20.3 Å². The predicted molar refractivity (Wildman–Crippen MR) is 135 cm³/mol. The van der Waals surface area contributed by atoms with Gasteiger partial charge in [0, 0.05) is 49.9 Å². The van der Waals surface area contributed by atoms with E-state index in [9.17, 15) is 14.4 Å². The predicted octanol–water partition coefficient (Wildman–Crippen LogP) is 4.17. The van der Waals surface area contributed by atoms with Crippen molar-refractivity contribution in [3.05, 3.63) is 51.9 Å². The number of nitrogens with one attached hydrogen (secondary N) is 2. The minimum Gasteiger partial charge on any atom is -0.385 e. The fourth-order valence-electron chi connectivity index (χ4n) is 4.41. The molecule has 0 atom stereocenters. The van der Waals surface area contributed by atoms with Crippen molar-refractivity contribution in [3.63, 3.8) is 0 Å². The second-order valence-electron chi connectivity index (χ2n) is 8.58. The van der Waals surface area contributed by atoms with Crippen LogP contribution in [-0.4, -0.2) is 44.5 Å². The lowest BCUT2D eigenvalue weighted by Crippen LogP contribution is -2.27. The zero-order valence-corrected chi connectivity index (χ0v) is 20.3. The average molecular weight is 482 g/mol. The second kappa shape index (κ2) is 11.4. The summed E-state index contributed by atoms with van der Waals surface area (Å²) >= 11 is 1.51. The molecule has 2 heterocycles. The summed E-state index contributed by atoms with van der Waals surface area (Å²) in [5.41, 5.74) is 3.44. The van der Waals surface area contributed by atoms with E-state index in [1.165, 1.54) is 22.3 Å². The first-order valence-corrected chi connectivity index (χ1v) is 12.7. The number of aryl methyl sites for hydroxylation is 1. The standard InChI is InChI=1S/C26H31N3O4S/c1-33-17-5-15-27-25(32)24-20-6-2-3-7-21(20)34-26(24)28-22(30)14-11-18-9-12-19(13-10-18)29-16-4-8-23(29)31/h9-14H,2-8,15-17H2,1H3,(H,27,32)(H,28,30)/b14-11+. The lowest BCUT2D eigenvalue weighted by atomic mass is 9.95. The number of anilines is 2. The maximum Gasteiger partial charge on any atom is 0.254 e. The molecule has 0 saturated carbocycles. The number of ether oxygens (including phenoxy) is 1. The van der Waals surface area contributed by atoms with Crippen molar-refractivity contribution < 1.29 is 19.1 Å². The van der Waals surface area contributed by atoms with Gasteiger partial charge in [-0.15, -0.1) is 11.3 Å². The van der Waals surface area contributed by atoms with Gasteiger partial charge in [0.15, 0.2) is 0 Å². The minimum absolute atomic E-state index is 0.137. The third-order valence-electron chi connectivity index (χ3n) is 6.15. The first-order chi connectivity index (χ1) is 16.6. The molecule has 0 radical (unpaired) electrons. The molecule has 7 nitrogen and oxygen atoms in total. The van der Waals surface area contributed by atoms with Crippen molar-refractivity contribution in [2.24, 2.45) is 0 Å². The number of methoxy groups -OCH3 is 1. The summed E-state index contributed by atoms with van der Waals surface area (Å²) in [7, 11) is 1.64. The Bertz CT molecular complexity index is 1070. The van der Waals surface area contributed by atoms with Crippen LogP contribution in [0.15, 0.2) is 30.3 Å². The summed E-state index contributed by atoms with van der Waals surface area (Å²) in [5.74, 6) is -0.257. The smallest absolute Gasteiger partial charge is 0.254 e. The van der Waals surface area contributed by atoms with Crippen molar-refractivity contribution in [1.29, 1.82) is 0 Å². The van der Waals surface area contributed by atoms with Crippen LogP contribution >= 0.6 is 11.3 Å². The van der Waals surface area contributed by atoms with E-state index in [4.69, 9.17) is 4.74 Å². The molecule has 3 amide bonds. The Kier molecular flexibility index (Phi) is 8.13. The van der Waals surface area contributed by atoms with Crippen molar-refractivity contribution >= 4 is 45.8 Å². The summed E-state index contributed by atoms with van der Waals surface area (Å²) in [6.45, 7) is 1.87. The number of fused-ring (bicyclic) bond motifs is 1. The van der Waals surface area contributed by atoms with Crippen LogP contribution in [-0.2, 0) is 27.2 Å². The molecule has 2 aliphatic rings. The molecule has 1 aromatic heterocycles. The molecule has 1 aliphatic heterocycles. The number of thiophene rings is 1. The number of benzene rings is 1. The highest BCUT2D eigenvalue weighted by Gasteiger charge is 2.26. The molecule has 1 saturated heterocycles. The van der Waals surface area contributed by atoms with E-state index in [1.54, 1.807) is 18.1 Å². The number of hydrogen-bond acceptors (Lipinski definition) is 5. The molecule has 0 bridgehead atoms. The van der Waals surface area contributed by atoms with Crippen molar-refractivity contribution in [2.45, 2.75) is 44.9 Å². The minimum atomic E-state index is -0.272. The lowest BCUT2D eigenvalue weighted by Gasteiger charge is -2.15. The van der Waals surface area contributed by atoms with E-state index in [0.717, 1.165) is 61.9 Å². The third kappa shape index (κ3) is 5.74. The van der Waals surface area contributed by atoms with Gasteiger partial charge >= 0.3 is 0 Å². The van der Waals surface area contributed by atoms with Gasteiger partial charge in [-0.3, -0.25) is 14.4 Å². The third-order valence-corrected chi connectivity index (χ3v) is 7.36. The Morgan fingerprint density at radius 2 is 1.91 bits per heavy atom. The van der Waals surface area contributed by atoms with Gasteiger partial charge in [-0.25, -0.2) is 0 Å². The summed E-state index contributed by atoms with van der Waals surface area (Å²) in [6.07, 6.45) is 9.42. The Hall–Kier alpha value is -2.97. The highest BCUT2D eigenvalue weighted by molar-refractivity contribution is 7.17. The molecular formula is C26H31N3O4S. The molecule has 1 aromatic carbocycles. The highest BCUT2D eigenvalue weighted by atomic mass is 32.1. The van der Waals surface area contributed by atoms with Crippen LogP contribution in [0.5, 0.6) is 0 Å². The molecule has 0 unspecified atom stereocenters. The molecule has 2 N–H and O–H groups in total. The number of carbonyl (C=O) groups is 3. The van der Waals surface area contributed by atoms with Gasteiger partial charge in [-0.05, 0) is 67.9 Å². The first-order valence-electron chi connectivity index (χ1n) is 11.9. The van der Waals surface area contributed by atoms with Gasteiger partial charge in [0.1, 0.15) is 5.00 Å². The van der Waals surface area contributed by atoms with E-state index in [1.807, 2.05) is 24.3 Å². The Balaban J connectivity index is 1.43. The first kappa shape index (κ1) is 24.2. The molecule has 0 spiro atoms. The monoisotopic (exact) mass is 481 g/mol. The van der Waals surface area contributed by atoms with Gasteiger partial charge in [-0.1, -0.05) is 12.1 Å². The Labute approximate surface area is 204 Å². The number of rotatable bonds is 9. The number of carbonyl (C=O) groups excluding carboxylic acids is 3. The lowest BCUT2D eigenvalue weighted by molar-refractivity contribution is -0.117. The SMILES string of the molecule is COCCCNC(=O)c1c(NC(=O)/C=C/c2ccc(N3CCCC3=O)cc2)sc2c1CCCC2. The molecular weight excluding hydrogens is 450 g/mol. The number of hydrogen-bond donors (Lipinski definition) is 2. The molecule has 8 heteroatoms. The van der Waals surface area contributed by atoms with Crippen LogP contribution in [0.2, 0.25) is 0 Å². The van der Waals surface area contributed by atoms with Gasteiger partial charge in [0.2, 0.25) is 11.8 Å². The molecule has 4 rings (SSSR count). The summed E-state index contributed by atoms with van der Waals surface area (Å²) in [6, 6.07) is 7.60. The molecule has 2 aromatic rings. The summed E-state index contributed by atoms with van der Waals surface area (Å²) in [4.78, 5) is 40.5. The van der Waals surface area contributed by atoms with E-state index in [0.29, 0.717) is 30.1 Å². The Morgan fingerprint density at radius 1 is 1.12 bits per heavy atom. The average Bonchev–Trinajstić information content (AvgIpc) is 3.43.